The van der Waals surface area contributed by atoms with Gasteiger partial charge in [0, 0.05) is 16.5 Å². The van der Waals surface area contributed by atoms with Crippen molar-refractivity contribution < 1.29 is 30.7 Å². The molecule has 4 aromatic rings. The molecule has 35 heavy (non-hydrogen) atoms. The molecule has 0 amide bonds. The molecule has 0 saturated carbocycles. The zero-order valence-electron chi connectivity index (χ0n) is 18.0. The van der Waals surface area contributed by atoms with E-state index in [9.17, 15) is 30.7 Å². The van der Waals surface area contributed by atoms with E-state index >= 15 is 0 Å². The first kappa shape index (κ1) is 23.9. The Morgan fingerprint density at radius 3 is 1.66 bits per heavy atom. The molecule has 0 radical (unpaired) electrons. The Kier molecular flexibility index (Phi) is 6.53. The van der Waals surface area contributed by atoms with Crippen molar-refractivity contribution in [2.24, 2.45) is 0 Å². The molecule has 0 aliphatic rings. The molecular formula is C28H13F7. The SMILES string of the molecule is CCc1cc(F)c(C#Cc2cc(F)c(C#Cc3ccc4c(F)c(F)c(F)cc4c3)c(F)c2)c(F)c1. The van der Waals surface area contributed by atoms with E-state index in [0.717, 1.165) is 30.3 Å². The molecule has 0 aliphatic carbocycles. The van der Waals surface area contributed by atoms with Gasteiger partial charge in [-0.15, -0.1) is 0 Å². The van der Waals surface area contributed by atoms with E-state index in [1.807, 2.05) is 0 Å². The third-order valence-electron chi connectivity index (χ3n) is 5.19. The summed E-state index contributed by atoms with van der Waals surface area (Å²) < 4.78 is 97.8. The summed E-state index contributed by atoms with van der Waals surface area (Å²) in [7, 11) is 0. The Bertz CT molecular complexity index is 1570. The van der Waals surface area contributed by atoms with Gasteiger partial charge < -0.3 is 0 Å². The minimum atomic E-state index is -1.60. The largest absolute Gasteiger partial charge is 0.206 e. The van der Waals surface area contributed by atoms with Gasteiger partial charge in [0.2, 0.25) is 0 Å². The van der Waals surface area contributed by atoms with Crippen molar-refractivity contribution in [2.45, 2.75) is 13.3 Å². The average Bonchev–Trinajstić information content (AvgIpc) is 2.81. The molecule has 0 heterocycles. The molecule has 0 nitrogen and oxygen atoms in total. The van der Waals surface area contributed by atoms with Crippen molar-refractivity contribution in [3.63, 3.8) is 0 Å². The van der Waals surface area contributed by atoms with Crippen LogP contribution in [0.3, 0.4) is 0 Å². The molecule has 0 aromatic heterocycles. The number of halogens is 7. The van der Waals surface area contributed by atoms with E-state index in [1.54, 1.807) is 6.92 Å². The van der Waals surface area contributed by atoms with E-state index in [-0.39, 0.29) is 21.9 Å². The van der Waals surface area contributed by atoms with Gasteiger partial charge in [-0.05, 0) is 59.8 Å². The second-order valence-electron chi connectivity index (χ2n) is 7.53. The molecule has 7 heteroatoms. The number of benzene rings is 4. The smallest absolute Gasteiger partial charge is 0.195 e. The summed E-state index contributed by atoms with van der Waals surface area (Å²) in [5, 5.41) is -0.154. The predicted molar refractivity (Wildman–Crippen MR) is 118 cm³/mol. The summed E-state index contributed by atoms with van der Waals surface area (Å²) >= 11 is 0. The number of rotatable bonds is 1. The van der Waals surface area contributed by atoms with E-state index in [4.69, 9.17) is 0 Å². The molecular weight excluding hydrogens is 469 g/mol. The molecule has 4 aromatic carbocycles. The van der Waals surface area contributed by atoms with Crippen molar-refractivity contribution in [3.8, 4) is 23.7 Å². The maximum Gasteiger partial charge on any atom is 0.195 e. The highest BCUT2D eigenvalue weighted by Crippen LogP contribution is 2.24. The van der Waals surface area contributed by atoms with Crippen LogP contribution in [0.1, 0.15) is 34.7 Å². The molecule has 4 rings (SSSR count). The molecule has 0 atom stereocenters. The fourth-order valence-electron chi connectivity index (χ4n) is 3.37. The van der Waals surface area contributed by atoms with E-state index in [2.05, 4.69) is 23.7 Å². The second-order valence-corrected chi connectivity index (χ2v) is 7.53. The summed E-state index contributed by atoms with van der Waals surface area (Å²) in [6, 6.07) is 8.50. The maximum absolute atomic E-state index is 14.5. The van der Waals surface area contributed by atoms with Crippen LogP contribution in [0.15, 0.2) is 48.5 Å². The van der Waals surface area contributed by atoms with Gasteiger partial charge in [-0.2, -0.15) is 0 Å². The van der Waals surface area contributed by atoms with Gasteiger partial charge in [-0.3, -0.25) is 0 Å². The van der Waals surface area contributed by atoms with E-state index in [1.165, 1.54) is 18.2 Å². The lowest BCUT2D eigenvalue weighted by Gasteiger charge is -2.03. The first-order valence-electron chi connectivity index (χ1n) is 10.3. The highest BCUT2D eigenvalue weighted by atomic mass is 19.2. The molecule has 0 unspecified atom stereocenters. The monoisotopic (exact) mass is 482 g/mol. The van der Waals surface area contributed by atoms with Gasteiger partial charge in [0.25, 0.3) is 0 Å². The minimum Gasteiger partial charge on any atom is -0.206 e. The lowest BCUT2D eigenvalue weighted by molar-refractivity contribution is 0.453. The summed E-state index contributed by atoms with van der Waals surface area (Å²) in [5.74, 6) is 1.16. The molecule has 174 valence electrons. The van der Waals surface area contributed by atoms with Gasteiger partial charge in [0.05, 0.1) is 11.1 Å². The van der Waals surface area contributed by atoms with Crippen LogP contribution in [0.4, 0.5) is 30.7 Å². The van der Waals surface area contributed by atoms with Crippen LogP contribution in [0.5, 0.6) is 0 Å². The van der Waals surface area contributed by atoms with Gasteiger partial charge in [-0.1, -0.05) is 36.7 Å². The van der Waals surface area contributed by atoms with Crippen LogP contribution >= 0.6 is 0 Å². The average molecular weight is 482 g/mol. The van der Waals surface area contributed by atoms with Crippen LogP contribution in [0.2, 0.25) is 0 Å². The molecule has 0 aliphatic heterocycles. The summed E-state index contributed by atoms with van der Waals surface area (Å²) in [4.78, 5) is 0. The van der Waals surface area contributed by atoms with Crippen molar-refractivity contribution in [3.05, 3.63) is 117 Å². The minimum absolute atomic E-state index is 0.0196. The maximum atomic E-state index is 14.5. The molecule has 0 bridgehead atoms. The van der Waals surface area contributed by atoms with Crippen LogP contribution in [0.25, 0.3) is 10.8 Å². The van der Waals surface area contributed by atoms with Crippen molar-refractivity contribution in [2.75, 3.05) is 0 Å². The Morgan fingerprint density at radius 1 is 0.543 bits per heavy atom. The quantitative estimate of drug-likeness (QED) is 0.153. The molecule has 0 spiro atoms. The summed E-state index contributed by atoms with van der Waals surface area (Å²) in [6.07, 6.45) is 0.423. The third kappa shape index (κ3) is 4.85. The highest BCUT2D eigenvalue weighted by Gasteiger charge is 2.14. The summed E-state index contributed by atoms with van der Waals surface area (Å²) in [6.45, 7) is 1.73. The first-order chi connectivity index (χ1) is 16.7. The Hall–Kier alpha value is -4.23. The topological polar surface area (TPSA) is 0 Å². The Morgan fingerprint density at radius 2 is 1.09 bits per heavy atom. The lowest BCUT2D eigenvalue weighted by atomic mass is 10.0. The van der Waals surface area contributed by atoms with E-state index < -0.39 is 51.8 Å². The van der Waals surface area contributed by atoms with Gasteiger partial charge in [0.1, 0.15) is 23.3 Å². The normalized spacial score (nSPS) is 10.5. The van der Waals surface area contributed by atoms with Crippen molar-refractivity contribution in [1.29, 1.82) is 0 Å². The second kappa shape index (κ2) is 9.56. The molecule has 0 N–H and O–H groups in total. The summed E-state index contributed by atoms with van der Waals surface area (Å²) in [5.41, 5.74) is -0.665. The lowest BCUT2D eigenvalue weighted by Crippen LogP contribution is -1.95. The predicted octanol–water partition coefficient (Wildman–Crippen LogP) is 7.18. The Balaban J connectivity index is 1.66. The number of fused-ring (bicyclic) bond motifs is 1. The first-order valence-corrected chi connectivity index (χ1v) is 10.3. The zero-order valence-corrected chi connectivity index (χ0v) is 18.0. The van der Waals surface area contributed by atoms with Crippen LogP contribution in [-0.2, 0) is 6.42 Å². The van der Waals surface area contributed by atoms with Crippen molar-refractivity contribution >= 4 is 10.8 Å². The fraction of sp³-hybridized carbons (Fsp3) is 0.0714. The molecule has 0 saturated heterocycles. The van der Waals surface area contributed by atoms with Gasteiger partial charge in [-0.25, -0.2) is 30.7 Å². The van der Waals surface area contributed by atoms with Gasteiger partial charge >= 0.3 is 0 Å². The number of aryl methyl sites for hydroxylation is 1. The van der Waals surface area contributed by atoms with Gasteiger partial charge in [0.15, 0.2) is 17.5 Å². The standard InChI is InChI=1S/C28H13F7/c1-2-15-10-22(29)21(23(30)11-15)8-5-17-12-24(31)20(25(32)13-17)7-4-16-3-6-19-18(9-16)14-26(33)28(35)27(19)34/h3,6,9-14H,2H2,1H3. The highest BCUT2D eigenvalue weighted by molar-refractivity contribution is 5.84. The number of hydrogen-bond donors (Lipinski definition) is 0. The van der Waals surface area contributed by atoms with Crippen LogP contribution in [-0.4, -0.2) is 0 Å². The van der Waals surface area contributed by atoms with Crippen LogP contribution < -0.4 is 0 Å². The zero-order chi connectivity index (χ0) is 25.3. The molecule has 0 fully saturated rings. The third-order valence-corrected chi connectivity index (χ3v) is 5.19. The van der Waals surface area contributed by atoms with Crippen LogP contribution in [0, 0.1) is 64.4 Å². The van der Waals surface area contributed by atoms with E-state index in [0.29, 0.717) is 12.0 Å². The van der Waals surface area contributed by atoms with Crippen molar-refractivity contribution in [1.82, 2.24) is 0 Å². The number of hydrogen-bond acceptors (Lipinski definition) is 0. The fourth-order valence-corrected chi connectivity index (χ4v) is 3.37. The Labute approximate surface area is 196 Å².